The molecule has 0 saturated carbocycles. The second-order valence-corrected chi connectivity index (χ2v) is 3.23. The van der Waals surface area contributed by atoms with Crippen LogP contribution < -0.4 is 0 Å². The van der Waals surface area contributed by atoms with E-state index in [1.54, 1.807) is 7.05 Å². The average molecular weight is 172 g/mol. The Morgan fingerprint density at radius 1 is 1.75 bits per heavy atom. The molecule has 0 aromatic carbocycles. The van der Waals surface area contributed by atoms with E-state index in [9.17, 15) is 4.79 Å². The van der Waals surface area contributed by atoms with Gasteiger partial charge in [-0.15, -0.1) is 0 Å². The fourth-order valence-electron chi connectivity index (χ4n) is 1.57. The molecule has 0 aliphatic carbocycles. The Kier molecular flexibility index (Phi) is 2.92. The van der Waals surface area contributed by atoms with Gasteiger partial charge in [-0.25, -0.2) is 4.79 Å². The van der Waals surface area contributed by atoms with Crippen molar-refractivity contribution >= 4 is 6.09 Å². The number of rotatable bonds is 2. The summed E-state index contributed by atoms with van der Waals surface area (Å²) in [5.41, 5.74) is 0. The van der Waals surface area contributed by atoms with Gasteiger partial charge in [-0.3, -0.25) is 0 Å². The van der Waals surface area contributed by atoms with Gasteiger partial charge in [0.2, 0.25) is 0 Å². The van der Waals surface area contributed by atoms with Crippen molar-refractivity contribution in [2.24, 2.45) is 0 Å². The maximum atomic E-state index is 10.6. The number of carboxylic acid groups (broad SMARTS) is 1. The Bertz CT molecular complexity index is 172. The molecule has 0 bridgehead atoms. The van der Waals surface area contributed by atoms with Crippen LogP contribution in [0.25, 0.3) is 0 Å². The number of likely N-dealkylation sites (N-methyl/N-ethyl adjacent to an activating group) is 2. The predicted molar refractivity (Wildman–Crippen MR) is 46.3 cm³/mol. The van der Waals surface area contributed by atoms with Crippen LogP contribution in [-0.2, 0) is 0 Å². The molecule has 70 valence electrons. The second kappa shape index (κ2) is 3.76. The van der Waals surface area contributed by atoms with Crippen LogP contribution in [-0.4, -0.2) is 53.7 Å². The Morgan fingerprint density at radius 3 is 2.83 bits per heavy atom. The van der Waals surface area contributed by atoms with E-state index in [-0.39, 0.29) is 6.04 Å². The Balaban J connectivity index is 2.41. The molecule has 0 spiro atoms. The summed E-state index contributed by atoms with van der Waals surface area (Å²) in [6.07, 6.45) is 0.148. The van der Waals surface area contributed by atoms with Crippen LogP contribution in [0.1, 0.15) is 13.3 Å². The molecule has 1 fully saturated rings. The van der Waals surface area contributed by atoms with E-state index in [1.807, 2.05) is 0 Å². The molecular formula is C8H16N2O2. The van der Waals surface area contributed by atoms with Crippen molar-refractivity contribution in [1.82, 2.24) is 9.80 Å². The third-order valence-electron chi connectivity index (χ3n) is 2.54. The van der Waals surface area contributed by atoms with Crippen LogP contribution in [0.3, 0.4) is 0 Å². The van der Waals surface area contributed by atoms with E-state index in [4.69, 9.17) is 5.11 Å². The second-order valence-electron chi connectivity index (χ2n) is 3.23. The summed E-state index contributed by atoms with van der Waals surface area (Å²) in [5, 5.41) is 8.71. The van der Waals surface area contributed by atoms with Gasteiger partial charge in [0.15, 0.2) is 0 Å². The molecule has 4 heteroatoms. The van der Waals surface area contributed by atoms with Crippen molar-refractivity contribution in [1.29, 1.82) is 0 Å². The van der Waals surface area contributed by atoms with Crippen LogP contribution in [0.15, 0.2) is 0 Å². The van der Waals surface area contributed by atoms with Crippen LogP contribution in [0.4, 0.5) is 4.79 Å². The van der Waals surface area contributed by atoms with Gasteiger partial charge >= 0.3 is 6.09 Å². The molecule has 0 unspecified atom stereocenters. The van der Waals surface area contributed by atoms with Crippen LogP contribution in [0.2, 0.25) is 0 Å². The first kappa shape index (κ1) is 9.32. The zero-order chi connectivity index (χ0) is 9.14. The molecule has 0 aromatic heterocycles. The molecule has 12 heavy (non-hydrogen) atoms. The topological polar surface area (TPSA) is 43.8 Å². The van der Waals surface area contributed by atoms with Crippen molar-refractivity contribution in [2.75, 3.05) is 26.7 Å². The fraction of sp³-hybridized carbons (Fsp3) is 0.875. The summed E-state index contributed by atoms with van der Waals surface area (Å²) in [6.45, 7) is 5.03. The maximum Gasteiger partial charge on any atom is 0.407 e. The number of amides is 1. The highest BCUT2D eigenvalue weighted by atomic mass is 16.4. The van der Waals surface area contributed by atoms with E-state index in [0.717, 1.165) is 26.1 Å². The van der Waals surface area contributed by atoms with Gasteiger partial charge in [0.25, 0.3) is 0 Å². The average Bonchev–Trinajstić information content (AvgIpc) is 2.50. The number of carbonyl (C=O) groups is 1. The minimum absolute atomic E-state index is 0.197. The van der Waals surface area contributed by atoms with Crippen LogP contribution in [0, 0.1) is 0 Å². The van der Waals surface area contributed by atoms with Crippen molar-refractivity contribution in [2.45, 2.75) is 19.4 Å². The molecule has 4 nitrogen and oxygen atoms in total. The third kappa shape index (κ3) is 1.88. The number of nitrogens with zero attached hydrogens (tertiary/aromatic N) is 2. The molecule has 1 rings (SSSR count). The zero-order valence-electron chi connectivity index (χ0n) is 7.66. The monoisotopic (exact) mass is 172 g/mol. The Morgan fingerprint density at radius 2 is 2.42 bits per heavy atom. The fourth-order valence-corrected chi connectivity index (χ4v) is 1.57. The summed E-state index contributed by atoms with van der Waals surface area (Å²) < 4.78 is 0. The van der Waals surface area contributed by atoms with Gasteiger partial charge < -0.3 is 14.9 Å². The molecule has 1 amide bonds. The number of likely N-dealkylation sites (tertiary alicyclic amines) is 1. The minimum Gasteiger partial charge on any atom is -0.465 e. The summed E-state index contributed by atoms with van der Waals surface area (Å²) in [7, 11) is 1.64. The molecule has 1 heterocycles. The van der Waals surface area contributed by atoms with Gasteiger partial charge in [-0.05, 0) is 13.0 Å². The molecule has 1 saturated heterocycles. The summed E-state index contributed by atoms with van der Waals surface area (Å²) in [6, 6.07) is 0.197. The molecule has 1 atom stereocenters. The summed E-state index contributed by atoms with van der Waals surface area (Å²) >= 11 is 0. The minimum atomic E-state index is -0.821. The first-order valence-corrected chi connectivity index (χ1v) is 4.33. The van der Waals surface area contributed by atoms with E-state index in [0.29, 0.717) is 0 Å². The first-order chi connectivity index (χ1) is 5.65. The Labute approximate surface area is 72.8 Å². The molecule has 1 aliphatic heterocycles. The highest BCUT2D eigenvalue weighted by molar-refractivity contribution is 5.65. The first-order valence-electron chi connectivity index (χ1n) is 4.33. The van der Waals surface area contributed by atoms with E-state index >= 15 is 0 Å². The van der Waals surface area contributed by atoms with E-state index in [2.05, 4.69) is 11.8 Å². The highest BCUT2D eigenvalue weighted by Crippen LogP contribution is 2.13. The van der Waals surface area contributed by atoms with Crippen molar-refractivity contribution < 1.29 is 9.90 Å². The zero-order valence-corrected chi connectivity index (χ0v) is 7.66. The van der Waals surface area contributed by atoms with Crippen molar-refractivity contribution in [3.8, 4) is 0 Å². The predicted octanol–water partition coefficient (Wildman–Crippen LogP) is 0.690. The van der Waals surface area contributed by atoms with Crippen LogP contribution >= 0.6 is 0 Å². The molecule has 0 radical (unpaired) electrons. The smallest absolute Gasteiger partial charge is 0.407 e. The van der Waals surface area contributed by atoms with Crippen molar-refractivity contribution in [3.05, 3.63) is 0 Å². The normalized spacial score (nSPS) is 24.3. The number of hydrogen-bond acceptors (Lipinski definition) is 2. The van der Waals surface area contributed by atoms with Gasteiger partial charge in [-0.1, -0.05) is 6.92 Å². The quantitative estimate of drug-likeness (QED) is 0.666. The molecule has 1 N–H and O–H groups in total. The number of hydrogen-bond donors (Lipinski definition) is 1. The molecule has 0 aromatic rings. The highest BCUT2D eigenvalue weighted by Gasteiger charge is 2.26. The molecular weight excluding hydrogens is 156 g/mol. The standard InChI is InChI=1S/C8H16N2O2/c1-3-10-5-4-7(6-10)9(2)8(11)12/h7H,3-6H2,1-2H3,(H,11,12)/t7-/m0/s1. The Hall–Kier alpha value is -0.770. The van der Waals surface area contributed by atoms with Crippen molar-refractivity contribution in [3.63, 3.8) is 0 Å². The van der Waals surface area contributed by atoms with E-state index in [1.165, 1.54) is 4.90 Å². The van der Waals surface area contributed by atoms with Gasteiger partial charge in [-0.2, -0.15) is 0 Å². The van der Waals surface area contributed by atoms with Gasteiger partial charge in [0.1, 0.15) is 0 Å². The van der Waals surface area contributed by atoms with E-state index < -0.39 is 6.09 Å². The maximum absolute atomic E-state index is 10.6. The lowest BCUT2D eigenvalue weighted by atomic mass is 10.2. The lowest BCUT2D eigenvalue weighted by molar-refractivity contribution is 0.139. The largest absolute Gasteiger partial charge is 0.465 e. The third-order valence-corrected chi connectivity index (χ3v) is 2.54. The van der Waals surface area contributed by atoms with Gasteiger partial charge in [0, 0.05) is 26.2 Å². The van der Waals surface area contributed by atoms with Crippen LogP contribution in [0.5, 0.6) is 0 Å². The lowest BCUT2D eigenvalue weighted by Gasteiger charge is -2.21. The SMILES string of the molecule is CCN1CC[C@H](N(C)C(=O)O)C1. The summed E-state index contributed by atoms with van der Waals surface area (Å²) in [5.74, 6) is 0. The van der Waals surface area contributed by atoms with Gasteiger partial charge in [0.05, 0.1) is 0 Å². The molecule has 1 aliphatic rings. The lowest BCUT2D eigenvalue weighted by Crippen LogP contribution is -2.37. The summed E-state index contributed by atoms with van der Waals surface area (Å²) in [4.78, 5) is 14.3.